The molecule has 2 saturated heterocycles. The smallest absolute Gasteiger partial charge is 0.135 e. The van der Waals surface area contributed by atoms with Gasteiger partial charge in [0.2, 0.25) is 0 Å². The SMILES string of the molecule is CC(=O)C1C(c2ccc(Cl)cc2)CC2CCC1N2C. The van der Waals surface area contributed by atoms with Gasteiger partial charge in [-0.15, -0.1) is 0 Å². The van der Waals surface area contributed by atoms with Gasteiger partial charge in [-0.1, -0.05) is 23.7 Å². The van der Waals surface area contributed by atoms with Crippen molar-refractivity contribution in [3.05, 3.63) is 34.9 Å². The Kier molecular flexibility index (Phi) is 3.40. The van der Waals surface area contributed by atoms with E-state index in [-0.39, 0.29) is 5.92 Å². The van der Waals surface area contributed by atoms with Gasteiger partial charge < -0.3 is 0 Å². The van der Waals surface area contributed by atoms with Gasteiger partial charge in [-0.2, -0.15) is 0 Å². The largest absolute Gasteiger partial charge is 0.300 e. The van der Waals surface area contributed by atoms with Crippen molar-refractivity contribution in [2.45, 2.75) is 44.2 Å². The predicted molar refractivity (Wildman–Crippen MR) is 77.6 cm³/mol. The number of halogens is 1. The average Bonchev–Trinajstić information content (AvgIpc) is 2.63. The van der Waals surface area contributed by atoms with Crippen LogP contribution in [0.2, 0.25) is 5.02 Å². The number of hydrogen-bond donors (Lipinski definition) is 0. The predicted octanol–water partition coefficient (Wildman–Crippen LogP) is 3.50. The van der Waals surface area contributed by atoms with Crippen molar-refractivity contribution in [3.63, 3.8) is 0 Å². The molecule has 2 heterocycles. The fraction of sp³-hybridized carbons (Fsp3) is 0.562. The highest BCUT2D eigenvalue weighted by Gasteiger charge is 2.47. The van der Waals surface area contributed by atoms with E-state index in [4.69, 9.17) is 11.6 Å². The van der Waals surface area contributed by atoms with Crippen molar-refractivity contribution in [3.8, 4) is 0 Å². The molecule has 0 aliphatic carbocycles. The molecule has 2 aliphatic heterocycles. The van der Waals surface area contributed by atoms with E-state index in [1.807, 2.05) is 12.1 Å². The van der Waals surface area contributed by atoms with Crippen LogP contribution in [0.4, 0.5) is 0 Å². The van der Waals surface area contributed by atoms with Crippen molar-refractivity contribution in [2.24, 2.45) is 5.92 Å². The lowest BCUT2D eigenvalue weighted by molar-refractivity contribution is -0.124. The fourth-order valence-corrected chi connectivity index (χ4v) is 4.20. The van der Waals surface area contributed by atoms with Gasteiger partial charge in [0.15, 0.2) is 0 Å². The molecule has 4 unspecified atom stereocenters. The van der Waals surface area contributed by atoms with Crippen molar-refractivity contribution < 1.29 is 4.79 Å². The maximum atomic E-state index is 12.1. The average molecular weight is 278 g/mol. The minimum Gasteiger partial charge on any atom is -0.300 e. The van der Waals surface area contributed by atoms with Crippen LogP contribution in [0.25, 0.3) is 0 Å². The Morgan fingerprint density at radius 2 is 1.95 bits per heavy atom. The first-order valence-electron chi connectivity index (χ1n) is 7.06. The molecule has 3 rings (SSSR count). The minimum absolute atomic E-state index is 0.143. The maximum absolute atomic E-state index is 12.1. The lowest BCUT2D eigenvalue weighted by atomic mass is 9.74. The molecular weight excluding hydrogens is 258 g/mol. The van der Waals surface area contributed by atoms with Gasteiger partial charge in [0.25, 0.3) is 0 Å². The molecule has 102 valence electrons. The Hall–Kier alpha value is -0.860. The Balaban J connectivity index is 1.95. The summed E-state index contributed by atoms with van der Waals surface area (Å²) in [6.45, 7) is 1.75. The van der Waals surface area contributed by atoms with Crippen LogP contribution in [0.1, 0.15) is 37.7 Å². The number of Topliss-reactive ketones (excluding diaryl/α,β-unsaturated/α-hetero) is 1. The zero-order valence-electron chi connectivity index (χ0n) is 11.5. The number of ketones is 1. The van der Waals surface area contributed by atoms with E-state index in [1.165, 1.54) is 12.0 Å². The van der Waals surface area contributed by atoms with E-state index < -0.39 is 0 Å². The topological polar surface area (TPSA) is 20.3 Å². The van der Waals surface area contributed by atoms with Crippen LogP contribution in [0.5, 0.6) is 0 Å². The zero-order valence-corrected chi connectivity index (χ0v) is 12.2. The molecule has 0 N–H and O–H groups in total. The molecule has 0 amide bonds. The molecule has 0 saturated carbocycles. The summed E-state index contributed by atoms with van der Waals surface area (Å²) in [7, 11) is 2.18. The van der Waals surface area contributed by atoms with Crippen molar-refractivity contribution >= 4 is 17.4 Å². The molecule has 2 aliphatic rings. The highest BCUT2D eigenvalue weighted by Crippen LogP contribution is 2.46. The summed E-state index contributed by atoms with van der Waals surface area (Å²) in [5.74, 6) is 0.838. The second-order valence-electron chi connectivity index (χ2n) is 5.99. The number of nitrogens with zero attached hydrogens (tertiary/aromatic N) is 1. The quantitative estimate of drug-likeness (QED) is 0.825. The second kappa shape index (κ2) is 4.92. The van der Waals surface area contributed by atoms with E-state index in [0.29, 0.717) is 23.8 Å². The number of carbonyl (C=O) groups is 1. The molecule has 0 spiro atoms. The van der Waals surface area contributed by atoms with Crippen molar-refractivity contribution in [2.75, 3.05) is 7.05 Å². The molecule has 3 heteroatoms. The first-order valence-corrected chi connectivity index (χ1v) is 7.43. The van der Waals surface area contributed by atoms with Gasteiger partial charge in [0.05, 0.1) is 0 Å². The van der Waals surface area contributed by atoms with Gasteiger partial charge in [-0.25, -0.2) is 0 Å². The number of benzene rings is 1. The van der Waals surface area contributed by atoms with Crippen LogP contribution in [-0.2, 0) is 4.79 Å². The van der Waals surface area contributed by atoms with Gasteiger partial charge in [0, 0.05) is 23.0 Å². The first-order chi connectivity index (χ1) is 9.08. The lowest BCUT2D eigenvalue weighted by Gasteiger charge is -2.42. The number of fused-ring (bicyclic) bond motifs is 2. The Labute approximate surface area is 119 Å². The summed E-state index contributed by atoms with van der Waals surface area (Å²) in [6.07, 6.45) is 3.49. The molecule has 4 atom stereocenters. The van der Waals surface area contributed by atoms with E-state index in [0.717, 1.165) is 17.9 Å². The Bertz CT molecular complexity index is 484. The lowest BCUT2D eigenvalue weighted by Crippen LogP contribution is -2.48. The third-order valence-corrected chi connectivity index (χ3v) is 5.29. The zero-order chi connectivity index (χ0) is 13.6. The minimum atomic E-state index is 0.143. The van der Waals surface area contributed by atoms with Gasteiger partial charge in [-0.3, -0.25) is 9.69 Å². The van der Waals surface area contributed by atoms with Crippen molar-refractivity contribution in [1.29, 1.82) is 0 Å². The number of hydrogen-bond acceptors (Lipinski definition) is 2. The van der Waals surface area contributed by atoms with Crippen LogP contribution >= 0.6 is 11.6 Å². The first kappa shape index (κ1) is 13.1. The van der Waals surface area contributed by atoms with Crippen LogP contribution < -0.4 is 0 Å². The normalized spacial score (nSPS) is 34.5. The maximum Gasteiger partial charge on any atom is 0.135 e. The highest BCUT2D eigenvalue weighted by molar-refractivity contribution is 6.30. The van der Waals surface area contributed by atoms with Gasteiger partial charge in [0.1, 0.15) is 5.78 Å². The molecule has 1 aromatic carbocycles. The van der Waals surface area contributed by atoms with E-state index in [9.17, 15) is 4.79 Å². The summed E-state index contributed by atoms with van der Waals surface area (Å²) >= 11 is 5.97. The number of carbonyl (C=O) groups excluding carboxylic acids is 1. The number of piperidine rings is 1. The molecule has 1 aromatic rings. The van der Waals surface area contributed by atoms with Crippen LogP contribution in [0, 0.1) is 5.92 Å². The molecular formula is C16H20ClNO. The third kappa shape index (κ3) is 2.21. The summed E-state index contributed by atoms with van der Waals surface area (Å²) in [5, 5.41) is 0.763. The van der Waals surface area contributed by atoms with E-state index in [2.05, 4.69) is 24.1 Å². The van der Waals surface area contributed by atoms with Gasteiger partial charge in [-0.05, 0) is 56.8 Å². The molecule has 19 heavy (non-hydrogen) atoms. The van der Waals surface area contributed by atoms with Crippen LogP contribution in [0.3, 0.4) is 0 Å². The third-order valence-electron chi connectivity index (χ3n) is 5.04. The van der Waals surface area contributed by atoms with Crippen LogP contribution in [0.15, 0.2) is 24.3 Å². The Morgan fingerprint density at radius 1 is 1.26 bits per heavy atom. The molecule has 2 fully saturated rings. The van der Waals surface area contributed by atoms with Gasteiger partial charge >= 0.3 is 0 Å². The summed E-state index contributed by atoms with van der Waals surface area (Å²) < 4.78 is 0. The standard InChI is InChI=1S/C16H20ClNO/c1-10(19)16-14(11-3-5-12(17)6-4-11)9-13-7-8-15(16)18(13)2/h3-6,13-16H,7-9H2,1-2H3. The second-order valence-corrected chi connectivity index (χ2v) is 6.43. The number of rotatable bonds is 2. The monoisotopic (exact) mass is 277 g/mol. The summed E-state index contributed by atoms with van der Waals surface area (Å²) in [5.41, 5.74) is 1.27. The molecule has 2 bridgehead atoms. The van der Waals surface area contributed by atoms with Crippen molar-refractivity contribution in [1.82, 2.24) is 4.90 Å². The highest BCUT2D eigenvalue weighted by atomic mass is 35.5. The summed E-state index contributed by atoms with van der Waals surface area (Å²) in [6, 6.07) is 9.13. The van der Waals surface area contributed by atoms with E-state index in [1.54, 1.807) is 6.92 Å². The summed E-state index contributed by atoms with van der Waals surface area (Å²) in [4.78, 5) is 14.6. The fourth-order valence-electron chi connectivity index (χ4n) is 4.07. The van der Waals surface area contributed by atoms with Crippen LogP contribution in [-0.4, -0.2) is 29.8 Å². The van der Waals surface area contributed by atoms with E-state index >= 15 is 0 Å². The molecule has 0 aromatic heterocycles. The Morgan fingerprint density at radius 3 is 2.58 bits per heavy atom. The molecule has 0 radical (unpaired) electrons. The molecule has 2 nitrogen and oxygen atoms in total.